The zero-order chi connectivity index (χ0) is 14.1. The summed E-state index contributed by atoms with van der Waals surface area (Å²) in [6.07, 6.45) is 2.47. The van der Waals surface area contributed by atoms with Crippen LogP contribution in [0.1, 0.15) is 11.1 Å². The quantitative estimate of drug-likeness (QED) is 0.842. The average Bonchev–Trinajstić information content (AvgIpc) is 2.60. The number of nitrogens with two attached hydrogens (primary N) is 1. The monoisotopic (exact) mass is 266 g/mol. The third-order valence-electron chi connectivity index (χ3n) is 3.31. The number of fused-ring (bicyclic) bond motifs is 1. The van der Waals surface area contributed by atoms with Crippen molar-refractivity contribution in [2.45, 2.75) is 6.17 Å². The van der Waals surface area contributed by atoms with Gasteiger partial charge in [-0.2, -0.15) is 0 Å². The van der Waals surface area contributed by atoms with E-state index in [1.54, 1.807) is 25.5 Å². The van der Waals surface area contributed by atoms with Gasteiger partial charge in [0.05, 0.1) is 11.4 Å². The van der Waals surface area contributed by atoms with Crippen LogP contribution in [0.15, 0.2) is 53.8 Å². The van der Waals surface area contributed by atoms with Gasteiger partial charge in [-0.3, -0.25) is 14.8 Å². The Morgan fingerprint density at radius 3 is 2.70 bits per heavy atom. The highest BCUT2D eigenvalue weighted by Crippen LogP contribution is 2.25. The Labute approximate surface area is 116 Å². The fourth-order valence-corrected chi connectivity index (χ4v) is 2.27. The number of anilines is 1. The van der Waals surface area contributed by atoms with E-state index in [9.17, 15) is 4.79 Å². The molecule has 1 aromatic carbocycles. The van der Waals surface area contributed by atoms with Gasteiger partial charge in [-0.25, -0.2) is 0 Å². The van der Waals surface area contributed by atoms with Crippen molar-refractivity contribution in [2.24, 2.45) is 10.7 Å². The Bertz CT molecular complexity index is 681. The molecule has 1 aliphatic heterocycles. The maximum absolute atomic E-state index is 12.2. The molecule has 0 unspecified atom stereocenters. The molecule has 1 atom stereocenters. The average molecular weight is 266 g/mol. The SMILES string of the molecule is CN1C(=O)[C@@H](N)N=C(c2ccccc2)c2cnccc21. The summed E-state index contributed by atoms with van der Waals surface area (Å²) in [5.74, 6) is -0.233. The Morgan fingerprint density at radius 2 is 1.95 bits per heavy atom. The molecule has 3 rings (SSSR count). The van der Waals surface area contributed by atoms with Crippen molar-refractivity contribution in [1.82, 2.24) is 4.98 Å². The Kier molecular flexibility index (Phi) is 3.04. The van der Waals surface area contributed by atoms with Crippen molar-refractivity contribution in [3.63, 3.8) is 0 Å². The molecule has 0 aliphatic carbocycles. The summed E-state index contributed by atoms with van der Waals surface area (Å²) in [7, 11) is 1.70. The maximum Gasteiger partial charge on any atom is 0.266 e. The lowest BCUT2D eigenvalue weighted by Crippen LogP contribution is -2.39. The maximum atomic E-state index is 12.2. The summed E-state index contributed by atoms with van der Waals surface area (Å²) in [5, 5.41) is 0. The molecule has 2 N–H and O–H groups in total. The number of amides is 1. The summed E-state index contributed by atoms with van der Waals surface area (Å²) in [5.41, 5.74) is 9.06. The zero-order valence-corrected chi connectivity index (χ0v) is 11.0. The van der Waals surface area contributed by atoms with Crippen LogP contribution in [0.2, 0.25) is 0 Å². The van der Waals surface area contributed by atoms with Crippen molar-refractivity contribution >= 4 is 17.3 Å². The van der Waals surface area contributed by atoms with E-state index in [0.29, 0.717) is 5.71 Å². The second-order valence-corrected chi connectivity index (χ2v) is 4.58. The second kappa shape index (κ2) is 4.86. The van der Waals surface area contributed by atoms with Gasteiger partial charge in [0.2, 0.25) is 0 Å². The van der Waals surface area contributed by atoms with Crippen molar-refractivity contribution < 1.29 is 4.79 Å². The molecule has 0 spiro atoms. The number of nitrogens with zero attached hydrogens (tertiary/aromatic N) is 3. The number of carbonyl (C=O) groups excluding carboxylic acids is 1. The minimum atomic E-state index is -0.900. The Balaban J connectivity index is 2.24. The van der Waals surface area contributed by atoms with Crippen molar-refractivity contribution in [2.75, 3.05) is 11.9 Å². The Morgan fingerprint density at radius 1 is 1.20 bits per heavy atom. The van der Waals surface area contributed by atoms with Crippen LogP contribution >= 0.6 is 0 Å². The molecule has 1 aromatic heterocycles. The smallest absolute Gasteiger partial charge is 0.266 e. The molecular formula is C15H14N4O. The van der Waals surface area contributed by atoms with Gasteiger partial charge >= 0.3 is 0 Å². The lowest BCUT2D eigenvalue weighted by atomic mass is 10.0. The summed E-state index contributed by atoms with van der Waals surface area (Å²) in [4.78, 5) is 22.2. The van der Waals surface area contributed by atoms with Gasteiger partial charge in [0.15, 0.2) is 6.17 Å². The fraction of sp³-hybridized carbons (Fsp3) is 0.133. The van der Waals surface area contributed by atoms with Crippen LogP contribution in [0.25, 0.3) is 0 Å². The molecule has 0 bridgehead atoms. The first-order valence-corrected chi connectivity index (χ1v) is 6.29. The van der Waals surface area contributed by atoms with Gasteiger partial charge in [0.1, 0.15) is 0 Å². The van der Waals surface area contributed by atoms with Crippen LogP contribution in [-0.4, -0.2) is 29.8 Å². The summed E-state index contributed by atoms with van der Waals surface area (Å²) in [6, 6.07) is 11.5. The van der Waals surface area contributed by atoms with E-state index >= 15 is 0 Å². The third-order valence-corrected chi connectivity index (χ3v) is 3.31. The molecule has 20 heavy (non-hydrogen) atoms. The van der Waals surface area contributed by atoms with Crippen molar-refractivity contribution in [3.8, 4) is 0 Å². The van der Waals surface area contributed by atoms with E-state index < -0.39 is 6.17 Å². The first-order valence-electron chi connectivity index (χ1n) is 6.29. The largest absolute Gasteiger partial charge is 0.312 e. The van der Waals surface area contributed by atoms with E-state index in [1.807, 2.05) is 30.3 Å². The molecule has 2 aromatic rings. The topological polar surface area (TPSA) is 71.6 Å². The molecule has 0 radical (unpaired) electrons. The number of rotatable bonds is 1. The number of pyridine rings is 1. The molecular weight excluding hydrogens is 252 g/mol. The number of hydrogen-bond acceptors (Lipinski definition) is 4. The minimum absolute atomic E-state index is 0.233. The number of hydrogen-bond donors (Lipinski definition) is 1. The highest BCUT2D eigenvalue weighted by atomic mass is 16.2. The Hall–Kier alpha value is -2.53. The van der Waals surface area contributed by atoms with Gasteiger partial charge in [-0.15, -0.1) is 0 Å². The molecule has 5 nitrogen and oxygen atoms in total. The highest BCUT2D eigenvalue weighted by molar-refractivity contribution is 6.19. The van der Waals surface area contributed by atoms with E-state index in [2.05, 4.69) is 9.98 Å². The molecule has 0 saturated heterocycles. The van der Waals surface area contributed by atoms with Gasteiger partial charge in [0.25, 0.3) is 5.91 Å². The first kappa shape index (κ1) is 12.5. The molecule has 2 heterocycles. The molecule has 100 valence electrons. The number of aromatic nitrogens is 1. The number of carbonyl (C=O) groups is 1. The summed E-state index contributed by atoms with van der Waals surface area (Å²) in [6.45, 7) is 0. The zero-order valence-electron chi connectivity index (χ0n) is 11.0. The van der Waals surface area contributed by atoms with Crippen molar-refractivity contribution in [3.05, 3.63) is 59.9 Å². The van der Waals surface area contributed by atoms with E-state index in [4.69, 9.17) is 5.73 Å². The van der Waals surface area contributed by atoms with Gasteiger partial charge in [-0.1, -0.05) is 30.3 Å². The normalized spacial score (nSPS) is 18.3. The van der Waals surface area contributed by atoms with E-state index in [-0.39, 0.29) is 5.91 Å². The van der Waals surface area contributed by atoms with Crippen LogP contribution in [0.3, 0.4) is 0 Å². The lowest BCUT2D eigenvalue weighted by molar-refractivity contribution is -0.119. The standard InChI is InChI=1S/C15H14N4O/c1-19-12-7-8-17-9-11(12)13(18-14(16)15(19)20)10-5-3-2-4-6-10/h2-9,14H,16H2,1H3/t14-/m0/s1. The first-order chi connectivity index (χ1) is 9.68. The number of aliphatic imine (C=N–C) groups is 1. The fourth-order valence-electron chi connectivity index (χ4n) is 2.27. The van der Waals surface area contributed by atoms with E-state index in [1.165, 1.54) is 4.90 Å². The van der Waals surface area contributed by atoms with Crippen molar-refractivity contribution in [1.29, 1.82) is 0 Å². The summed E-state index contributed by atoms with van der Waals surface area (Å²) < 4.78 is 0. The van der Waals surface area contributed by atoms with Gasteiger partial charge < -0.3 is 10.6 Å². The second-order valence-electron chi connectivity index (χ2n) is 4.58. The van der Waals surface area contributed by atoms with Crippen LogP contribution < -0.4 is 10.6 Å². The molecule has 0 fully saturated rings. The van der Waals surface area contributed by atoms with Crippen LogP contribution in [-0.2, 0) is 4.79 Å². The lowest BCUT2D eigenvalue weighted by Gasteiger charge is -2.18. The van der Waals surface area contributed by atoms with E-state index in [0.717, 1.165) is 16.8 Å². The minimum Gasteiger partial charge on any atom is -0.312 e. The molecule has 1 aliphatic rings. The predicted octanol–water partition coefficient (Wildman–Crippen LogP) is 1.18. The summed E-state index contributed by atoms with van der Waals surface area (Å²) >= 11 is 0. The highest BCUT2D eigenvalue weighted by Gasteiger charge is 2.27. The van der Waals surface area contributed by atoms with Gasteiger partial charge in [0, 0.05) is 30.6 Å². The number of benzene rings is 1. The van der Waals surface area contributed by atoms with Gasteiger partial charge in [-0.05, 0) is 6.07 Å². The predicted molar refractivity (Wildman–Crippen MR) is 77.7 cm³/mol. The van der Waals surface area contributed by atoms with Crippen LogP contribution in [0.4, 0.5) is 5.69 Å². The molecule has 1 amide bonds. The van der Waals surface area contributed by atoms with Crippen LogP contribution in [0.5, 0.6) is 0 Å². The number of likely N-dealkylation sites (N-methyl/N-ethyl adjacent to an activating group) is 1. The molecule has 5 heteroatoms. The van der Waals surface area contributed by atoms with Crippen LogP contribution in [0, 0.1) is 0 Å². The molecule has 0 saturated carbocycles. The third kappa shape index (κ3) is 1.98.